The molecule has 1 N–H and O–H groups in total. The van der Waals surface area contributed by atoms with Crippen LogP contribution in [0.25, 0.3) is 0 Å². The fourth-order valence-electron chi connectivity index (χ4n) is 3.16. The quantitative estimate of drug-likeness (QED) is 0.724. The van der Waals surface area contributed by atoms with E-state index in [4.69, 9.17) is 9.47 Å². The van der Waals surface area contributed by atoms with Crippen molar-refractivity contribution < 1.29 is 19.1 Å². The summed E-state index contributed by atoms with van der Waals surface area (Å²) in [7, 11) is 0. The lowest BCUT2D eigenvalue weighted by Gasteiger charge is -2.27. The predicted octanol–water partition coefficient (Wildman–Crippen LogP) is 2.73. The number of aromatic nitrogens is 1. The number of pyridine rings is 1. The molecule has 1 aromatic heterocycles. The zero-order valence-corrected chi connectivity index (χ0v) is 16.8. The molecule has 0 bridgehead atoms. The summed E-state index contributed by atoms with van der Waals surface area (Å²) in [5, 5.41) is 2.94. The topological polar surface area (TPSA) is 80.8 Å². The van der Waals surface area contributed by atoms with Gasteiger partial charge in [0.1, 0.15) is 5.82 Å². The second-order valence-corrected chi connectivity index (χ2v) is 7.18. The van der Waals surface area contributed by atoms with Crippen LogP contribution in [0.5, 0.6) is 0 Å². The highest BCUT2D eigenvalue weighted by Crippen LogP contribution is 2.19. The molecule has 2 heterocycles. The van der Waals surface area contributed by atoms with Crippen molar-refractivity contribution in [3.8, 4) is 0 Å². The highest BCUT2D eigenvalue weighted by Gasteiger charge is 2.21. The summed E-state index contributed by atoms with van der Waals surface area (Å²) in [4.78, 5) is 31.5. The van der Waals surface area contributed by atoms with Crippen LogP contribution in [0.1, 0.15) is 42.2 Å². The number of hydrogen-bond donors (Lipinski definition) is 1. The Morgan fingerprint density at radius 2 is 1.86 bits per heavy atom. The first kappa shape index (κ1) is 20.8. The van der Waals surface area contributed by atoms with Crippen LogP contribution in [0.4, 0.5) is 5.82 Å². The number of ether oxygens (including phenoxy) is 2. The molecule has 2 aromatic rings. The van der Waals surface area contributed by atoms with Crippen LogP contribution in [0.2, 0.25) is 0 Å². The number of anilines is 1. The average Bonchev–Trinajstić information content (AvgIpc) is 2.74. The molecule has 0 unspecified atom stereocenters. The maximum atomic E-state index is 12.8. The number of rotatable bonds is 7. The standard InChI is InChI=1S/C22H27N3O4/c1-16(2)29-21(26)14-19(17-6-4-3-5-7-17)24-22(27)18-8-9-20(23-15-18)25-10-12-28-13-11-25/h3-9,15-16,19H,10-14H2,1-2H3,(H,24,27)/t19-/m0/s1. The Morgan fingerprint density at radius 1 is 1.14 bits per heavy atom. The van der Waals surface area contributed by atoms with Crippen molar-refractivity contribution >= 4 is 17.7 Å². The summed E-state index contributed by atoms with van der Waals surface area (Å²) < 4.78 is 10.6. The molecule has 29 heavy (non-hydrogen) atoms. The third kappa shape index (κ3) is 6.02. The number of esters is 1. The minimum Gasteiger partial charge on any atom is -0.463 e. The molecule has 0 saturated carbocycles. The Balaban J connectivity index is 1.69. The lowest BCUT2D eigenvalue weighted by atomic mass is 10.0. The summed E-state index contributed by atoms with van der Waals surface area (Å²) in [6.45, 7) is 6.52. The molecular weight excluding hydrogens is 370 g/mol. The monoisotopic (exact) mass is 397 g/mol. The van der Waals surface area contributed by atoms with Crippen LogP contribution in [-0.4, -0.2) is 49.3 Å². The Labute approximate surface area is 171 Å². The number of carbonyl (C=O) groups excluding carboxylic acids is 2. The van der Waals surface area contributed by atoms with E-state index in [0.717, 1.165) is 24.5 Å². The van der Waals surface area contributed by atoms with Gasteiger partial charge < -0.3 is 19.7 Å². The van der Waals surface area contributed by atoms with Gasteiger partial charge in [-0.3, -0.25) is 9.59 Å². The smallest absolute Gasteiger partial charge is 0.308 e. The molecule has 0 spiro atoms. The lowest BCUT2D eigenvalue weighted by molar-refractivity contribution is -0.147. The van der Waals surface area contributed by atoms with Crippen molar-refractivity contribution in [3.63, 3.8) is 0 Å². The van der Waals surface area contributed by atoms with Crippen LogP contribution in [0, 0.1) is 0 Å². The van der Waals surface area contributed by atoms with Gasteiger partial charge in [0, 0.05) is 19.3 Å². The predicted molar refractivity (Wildman–Crippen MR) is 110 cm³/mol. The Hall–Kier alpha value is -2.93. The first-order valence-corrected chi connectivity index (χ1v) is 9.87. The highest BCUT2D eigenvalue weighted by molar-refractivity contribution is 5.94. The van der Waals surface area contributed by atoms with Gasteiger partial charge in [-0.25, -0.2) is 4.98 Å². The molecular formula is C22H27N3O4. The van der Waals surface area contributed by atoms with E-state index in [1.165, 1.54) is 0 Å². The zero-order valence-electron chi connectivity index (χ0n) is 16.8. The second-order valence-electron chi connectivity index (χ2n) is 7.18. The molecule has 1 amide bonds. The van der Waals surface area contributed by atoms with Crippen LogP contribution < -0.4 is 10.2 Å². The SMILES string of the molecule is CC(C)OC(=O)C[C@H](NC(=O)c1ccc(N2CCOCC2)nc1)c1ccccc1. The third-order valence-electron chi connectivity index (χ3n) is 4.59. The number of nitrogens with one attached hydrogen (secondary N) is 1. The fourth-order valence-corrected chi connectivity index (χ4v) is 3.16. The Kier molecular flexibility index (Phi) is 7.19. The molecule has 1 aliphatic heterocycles. The number of amides is 1. The number of morpholine rings is 1. The van der Waals surface area contributed by atoms with Crippen molar-refractivity contribution in [2.45, 2.75) is 32.4 Å². The van der Waals surface area contributed by atoms with Gasteiger partial charge in [0.05, 0.1) is 37.3 Å². The number of nitrogens with zero attached hydrogens (tertiary/aromatic N) is 2. The van der Waals surface area contributed by atoms with E-state index in [1.807, 2.05) is 36.4 Å². The highest BCUT2D eigenvalue weighted by atomic mass is 16.5. The molecule has 1 atom stereocenters. The van der Waals surface area contributed by atoms with Gasteiger partial charge in [-0.05, 0) is 31.5 Å². The first-order valence-electron chi connectivity index (χ1n) is 9.87. The maximum absolute atomic E-state index is 12.8. The molecule has 0 radical (unpaired) electrons. The summed E-state index contributed by atoms with van der Waals surface area (Å²) in [6, 6.07) is 12.5. The van der Waals surface area contributed by atoms with Gasteiger partial charge in [-0.1, -0.05) is 30.3 Å². The molecule has 1 fully saturated rings. The van der Waals surface area contributed by atoms with Crippen LogP contribution in [0.15, 0.2) is 48.7 Å². The van der Waals surface area contributed by atoms with Crippen LogP contribution in [0.3, 0.4) is 0 Å². The van der Waals surface area contributed by atoms with Crippen molar-refractivity contribution in [1.82, 2.24) is 10.3 Å². The van der Waals surface area contributed by atoms with Crippen molar-refractivity contribution in [2.75, 3.05) is 31.2 Å². The van der Waals surface area contributed by atoms with E-state index in [1.54, 1.807) is 26.1 Å². The summed E-state index contributed by atoms with van der Waals surface area (Å²) >= 11 is 0. The van der Waals surface area contributed by atoms with Gasteiger partial charge in [-0.2, -0.15) is 0 Å². The summed E-state index contributed by atoms with van der Waals surface area (Å²) in [6.07, 6.45) is 1.42. The van der Waals surface area contributed by atoms with Crippen molar-refractivity contribution in [3.05, 3.63) is 59.8 Å². The molecule has 1 aromatic carbocycles. The Morgan fingerprint density at radius 3 is 2.48 bits per heavy atom. The van der Waals surface area contributed by atoms with E-state index < -0.39 is 6.04 Å². The van der Waals surface area contributed by atoms with Gasteiger partial charge in [-0.15, -0.1) is 0 Å². The first-order chi connectivity index (χ1) is 14.0. The number of benzene rings is 1. The minimum atomic E-state index is -0.478. The lowest BCUT2D eigenvalue weighted by Crippen LogP contribution is -2.36. The van der Waals surface area contributed by atoms with E-state index in [9.17, 15) is 9.59 Å². The number of carbonyl (C=O) groups is 2. The van der Waals surface area contributed by atoms with E-state index in [2.05, 4.69) is 15.2 Å². The summed E-state index contributed by atoms with van der Waals surface area (Å²) in [5.41, 5.74) is 1.29. The van der Waals surface area contributed by atoms with E-state index in [0.29, 0.717) is 18.8 Å². The van der Waals surface area contributed by atoms with Gasteiger partial charge in [0.15, 0.2) is 0 Å². The normalized spacial score (nSPS) is 15.1. The van der Waals surface area contributed by atoms with Crippen molar-refractivity contribution in [2.24, 2.45) is 0 Å². The second kappa shape index (κ2) is 10.0. The van der Waals surface area contributed by atoms with Gasteiger partial charge in [0.25, 0.3) is 5.91 Å². The van der Waals surface area contributed by atoms with Crippen molar-refractivity contribution in [1.29, 1.82) is 0 Å². The zero-order chi connectivity index (χ0) is 20.6. The molecule has 3 rings (SSSR count). The van der Waals surface area contributed by atoms with Gasteiger partial charge >= 0.3 is 5.97 Å². The van der Waals surface area contributed by atoms with Crippen LogP contribution in [-0.2, 0) is 14.3 Å². The summed E-state index contributed by atoms with van der Waals surface area (Å²) in [5.74, 6) is 0.192. The third-order valence-corrected chi connectivity index (χ3v) is 4.59. The minimum absolute atomic E-state index is 0.0627. The average molecular weight is 397 g/mol. The van der Waals surface area contributed by atoms with E-state index >= 15 is 0 Å². The molecule has 7 nitrogen and oxygen atoms in total. The Bertz CT molecular complexity index is 803. The maximum Gasteiger partial charge on any atom is 0.308 e. The molecule has 0 aliphatic carbocycles. The molecule has 7 heteroatoms. The largest absolute Gasteiger partial charge is 0.463 e. The van der Waals surface area contributed by atoms with Crippen LogP contribution >= 0.6 is 0 Å². The molecule has 154 valence electrons. The molecule has 1 aliphatic rings. The number of hydrogen-bond acceptors (Lipinski definition) is 6. The van der Waals surface area contributed by atoms with Gasteiger partial charge in [0.2, 0.25) is 0 Å². The molecule has 1 saturated heterocycles. The fraction of sp³-hybridized carbons (Fsp3) is 0.409. The van der Waals surface area contributed by atoms with E-state index in [-0.39, 0.29) is 24.4 Å².